The van der Waals surface area contributed by atoms with E-state index < -0.39 is 0 Å². The van der Waals surface area contributed by atoms with Crippen LogP contribution in [0.25, 0.3) is 21.9 Å². The third-order valence-electron chi connectivity index (χ3n) is 9.27. The van der Waals surface area contributed by atoms with Gasteiger partial charge in [-0.3, -0.25) is 0 Å². The van der Waals surface area contributed by atoms with Crippen LogP contribution in [0.4, 0.5) is 28.4 Å². The van der Waals surface area contributed by atoms with Crippen LogP contribution < -0.4 is 9.80 Å². The molecule has 0 saturated heterocycles. The van der Waals surface area contributed by atoms with Crippen LogP contribution in [0, 0.1) is 5.92 Å². The molecule has 1 unspecified atom stereocenters. The van der Waals surface area contributed by atoms with Crippen molar-refractivity contribution in [1.82, 2.24) is 0 Å². The molecule has 6 aromatic carbocycles. The standard InChI is InChI=1S/C44H36N2/c1-3-17-37(18-4-1)45(43-23-11-15-35-13-7-9-21-41(35)43)39-29-25-33(26-30-39)34-27-31-40(32-28-34)46(38-19-5-2-6-20-38)44-24-12-16-36-14-8-10-22-42(36)44/h1-7,9-13,15,17-32,36H,8,14,16H2. The van der Waals surface area contributed by atoms with E-state index in [-0.39, 0.29) is 0 Å². The zero-order valence-corrected chi connectivity index (χ0v) is 25.8. The van der Waals surface area contributed by atoms with Crippen LogP contribution in [0.15, 0.2) is 187 Å². The third kappa shape index (κ3) is 5.33. The summed E-state index contributed by atoms with van der Waals surface area (Å²) in [6.45, 7) is 0. The summed E-state index contributed by atoms with van der Waals surface area (Å²) in [6.07, 6.45) is 12.9. The fourth-order valence-corrected chi connectivity index (χ4v) is 7.00. The topological polar surface area (TPSA) is 6.48 Å². The molecule has 0 N–H and O–H groups in total. The van der Waals surface area contributed by atoms with Gasteiger partial charge < -0.3 is 9.80 Å². The molecule has 0 heterocycles. The highest BCUT2D eigenvalue weighted by Gasteiger charge is 2.25. The van der Waals surface area contributed by atoms with E-state index in [4.69, 9.17) is 0 Å². The Balaban J connectivity index is 1.15. The van der Waals surface area contributed by atoms with E-state index in [0.29, 0.717) is 5.92 Å². The zero-order chi connectivity index (χ0) is 30.7. The molecule has 0 bridgehead atoms. The van der Waals surface area contributed by atoms with Crippen LogP contribution in [0.2, 0.25) is 0 Å². The highest BCUT2D eigenvalue weighted by atomic mass is 15.2. The minimum atomic E-state index is 0.596. The first-order chi connectivity index (χ1) is 22.8. The number of fused-ring (bicyclic) bond motifs is 2. The van der Waals surface area contributed by atoms with Crippen molar-refractivity contribution in [2.75, 3.05) is 9.80 Å². The number of benzene rings is 6. The van der Waals surface area contributed by atoms with Crippen molar-refractivity contribution in [3.8, 4) is 11.1 Å². The molecule has 0 saturated carbocycles. The second-order valence-electron chi connectivity index (χ2n) is 12.1. The molecular weight excluding hydrogens is 556 g/mol. The Bertz CT molecular complexity index is 2050. The lowest BCUT2D eigenvalue weighted by molar-refractivity contribution is 0.559. The maximum atomic E-state index is 2.42. The summed E-state index contributed by atoms with van der Waals surface area (Å²) in [7, 11) is 0. The van der Waals surface area contributed by atoms with E-state index in [2.05, 4.69) is 186 Å². The van der Waals surface area contributed by atoms with Crippen molar-refractivity contribution in [1.29, 1.82) is 0 Å². The number of rotatable bonds is 7. The van der Waals surface area contributed by atoms with Gasteiger partial charge in [-0.2, -0.15) is 0 Å². The van der Waals surface area contributed by atoms with Gasteiger partial charge in [0.15, 0.2) is 0 Å². The molecule has 2 aliphatic carbocycles. The second kappa shape index (κ2) is 12.4. The third-order valence-corrected chi connectivity index (χ3v) is 9.27. The molecule has 8 rings (SSSR count). The zero-order valence-electron chi connectivity index (χ0n) is 25.8. The Kier molecular flexibility index (Phi) is 7.54. The van der Waals surface area contributed by atoms with Crippen molar-refractivity contribution in [2.24, 2.45) is 5.92 Å². The number of para-hydroxylation sites is 2. The fourth-order valence-electron chi connectivity index (χ4n) is 7.00. The van der Waals surface area contributed by atoms with Crippen LogP contribution in [-0.2, 0) is 0 Å². The van der Waals surface area contributed by atoms with Gasteiger partial charge in [0.2, 0.25) is 0 Å². The highest BCUT2D eigenvalue weighted by molar-refractivity contribution is 5.99. The van der Waals surface area contributed by atoms with Crippen molar-refractivity contribution in [3.05, 3.63) is 187 Å². The molecule has 46 heavy (non-hydrogen) atoms. The molecular formula is C44H36N2. The summed E-state index contributed by atoms with van der Waals surface area (Å²) in [6, 6.07) is 54.5. The molecule has 0 amide bonds. The Morgan fingerprint density at radius 3 is 1.72 bits per heavy atom. The lowest BCUT2D eigenvalue weighted by Crippen LogP contribution is -2.22. The largest absolute Gasteiger partial charge is 0.310 e. The normalized spacial score (nSPS) is 15.5. The average molecular weight is 593 g/mol. The molecule has 0 radical (unpaired) electrons. The number of hydrogen-bond donors (Lipinski definition) is 0. The Labute approximate surface area is 271 Å². The summed E-state index contributed by atoms with van der Waals surface area (Å²) in [4.78, 5) is 4.77. The summed E-state index contributed by atoms with van der Waals surface area (Å²) in [5, 5.41) is 2.47. The van der Waals surface area contributed by atoms with Crippen LogP contribution in [-0.4, -0.2) is 0 Å². The van der Waals surface area contributed by atoms with Crippen molar-refractivity contribution in [2.45, 2.75) is 19.3 Å². The number of anilines is 5. The van der Waals surface area contributed by atoms with Crippen molar-refractivity contribution in [3.63, 3.8) is 0 Å². The molecule has 1 atom stereocenters. The average Bonchev–Trinajstić information content (AvgIpc) is 3.14. The second-order valence-corrected chi connectivity index (χ2v) is 12.1. The van der Waals surface area contributed by atoms with Gasteiger partial charge in [-0.1, -0.05) is 115 Å². The van der Waals surface area contributed by atoms with Crippen LogP contribution in [0.1, 0.15) is 19.3 Å². The van der Waals surface area contributed by atoms with Gasteiger partial charge in [0, 0.05) is 33.8 Å². The molecule has 2 nitrogen and oxygen atoms in total. The predicted octanol–water partition coefficient (Wildman–Crippen LogP) is 12.3. The Morgan fingerprint density at radius 2 is 1.02 bits per heavy atom. The lowest BCUT2D eigenvalue weighted by atomic mass is 9.82. The van der Waals surface area contributed by atoms with E-state index >= 15 is 0 Å². The smallest absolute Gasteiger partial charge is 0.0540 e. The fraction of sp³-hybridized carbons (Fsp3) is 0.0909. The molecule has 222 valence electrons. The van der Waals surface area contributed by atoms with E-state index in [1.54, 1.807) is 0 Å². The minimum Gasteiger partial charge on any atom is -0.310 e. The van der Waals surface area contributed by atoms with Gasteiger partial charge in [0.05, 0.1) is 5.69 Å². The van der Waals surface area contributed by atoms with Gasteiger partial charge >= 0.3 is 0 Å². The Morgan fingerprint density at radius 1 is 0.457 bits per heavy atom. The van der Waals surface area contributed by atoms with Crippen LogP contribution in [0.5, 0.6) is 0 Å². The van der Waals surface area contributed by atoms with Gasteiger partial charge in [0.25, 0.3) is 0 Å². The van der Waals surface area contributed by atoms with Crippen molar-refractivity contribution < 1.29 is 0 Å². The number of allylic oxidation sites excluding steroid dienone is 5. The first kappa shape index (κ1) is 27.9. The number of nitrogens with zero attached hydrogens (tertiary/aromatic N) is 2. The highest BCUT2D eigenvalue weighted by Crippen LogP contribution is 2.42. The SMILES string of the molecule is C1=CC2=C(N(c3ccccc3)c3ccc(-c4ccc(N(c5ccccc5)c5cccc6ccccc56)cc4)cc3)C=CCC2CC1. The van der Waals surface area contributed by atoms with E-state index in [1.165, 1.54) is 63.1 Å². The molecule has 0 aromatic heterocycles. The van der Waals surface area contributed by atoms with Gasteiger partial charge in [-0.05, 0) is 108 Å². The minimum absolute atomic E-state index is 0.596. The van der Waals surface area contributed by atoms with Gasteiger partial charge in [0.1, 0.15) is 0 Å². The van der Waals surface area contributed by atoms with Crippen LogP contribution >= 0.6 is 0 Å². The molecule has 2 heteroatoms. The van der Waals surface area contributed by atoms with Gasteiger partial charge in [-0.25, -0.2) is 0 Å². The Hall–Kier alpha value is -5.60. The summed E-state index contributed by atoms with van der Waals surface area (Å²) < 4.78 is 0. The molecule has 0 fully saturated rings. The van der Waals surface area contributed by atoms with Crippen LogP contribution in [0.3, 0.4) is 0 Å². The molecule has 0 aliphatic heterocycles. The van der Waals surface area contributed by atoms with E-state index in [9.17, 15) is 0 Å². The summed E-state index contributed by atoms with van der Waals surface area (Å²) in [5.74, 6) is 0.596. The summed E-state index contributed by atoms with van der Waals surface area (Å²) in [5.41, 5.74) is 10.9. The van der Waals surface area contributed by atoms with E-state index in [1.807, 2.05) is 0 Å². The maximum absolute atomic E-state index is 2.42. The molecule has 2 aliphatic rings. The molecule has 6 aromatic rings. The first-order valence-electron chi connectivity index (χ1n) is 16.3. The monoisotopic (exact) mass is 592 g/mol. The first-order valence-corrected chi connectivity index (χ1v) is 16.3. The van der Waals surface area contributed by atoms with Crippen molar-refractivity contribution >= 4 is 39.2 Å². The predicted molar refractivity (Wildman–Crippen MR) is 195 cm³/mol. The molecule has 0 spiro atoms. The van der Waals surface area contributed by atoms with E-state index in [0.717, 1.165) is 17.8 Å². The quantitative estimate of drug-likeness (QED) is 0.182. The van der Waals surface area contributed by atoms with Gasteiger partial charge in [-0.15, -0.1) is 0 Å². The summed E-state index contributed by atoms with van der Waals surface area (Å²) >= 11 is 0. The number of hydrogen-bond acceptors (Lipinski definition) is 2. The maximum Gasteiger partial charge on any atom is 0.0540 e. The lowest BCUT2D eigenvalue weighted by Gasteiger charge is -2.33.